The Morgan fingerprint density at radius 1 is 1.67 bits per heavy atom. The van der Waals surface area contributed by atoms with Gasteiger partial charge in [0.05, 0.1) is 5.04 Å². The normalized spacial score (nSPS) is 19.9. The highest BCUT2D eigenvalue weighted by molar-refractivity contribution is 8.14. The summed E-state index contributed by atoms with van der Waals surface area (Å²) in [5, 5.41) is 3.81. The second kappa shape index (κ2) is 6.17. The van der Waals surface area contributed by atoms with Crippen LogP contribution in [0.5, 0.6) is 0 Å². The van der Waals surface area contributed by atoms with Crippen LogP contribution in [0.3, 0.4) is 0 Å². The summed E-state index contributed by atoms with van der Waals surface area (Å²) >= 11 is 2.83. The zero-order chi connectivity index (χ0) is 11.3. The zero-order valence-electron chi connectivity index (χ0n) is 8.78. The van der Waals surface area contributed by atoms with Crippen molar-refractivity contribution in [2.45, 2.75) is 19.9 Å². The van der Waals surface area contributed by atoms with Gasteiger partial charge in [-0.2, -0.15) is 0 Å². The number of hydrogen-bond acceptors (Lipinski definition) is 5. The van der Waals surface area contributed by atoms with Crippen LogP contribution in [-0.2, 0) is 9.59 Å². The minimum absolute atomic E-state index is 0.0384. The topological polar surface area (TPSA) is 58.5 Å². The van der Waals surface area contributed by atoms with Crippen molar-refractivity contribution in [1.82, 2.24) is 5.32 Å². The summed E-state index contributed by atoms with van der Waals surface area (Å²) in [5.41, 5.74) is 0. The first-order chi connectivity index (χ1) is 7.09. The van der Waals surface area contributed by atoms with Crippen LogP contribution in [-0.4, -0.2) is 40.2 Å². The Bertz CT molecular complexity index is 292. The van der Waals surface area contributed by atoms with E-state index >= 15 is 0 Å². The highest BCUT2D eigenvalue weighted by Crippen LogP contribution is 2.17. The van der Waals surface area contributed by atoms with Crippen molar-refractivity contribution in [2.24, 2.45) is 4.99 Å². The van der Waals surface area contributed by atoms with Crippen LogP contribution in [0.25, 0.3) is 0 Å². The van der Waals surface area contributed by atoms with Crippen LogP contribution in [0.1, 0.15) is 13.8 Å². The fraction of sp³-hybridized carbons (Fsp3) is 0.667. The maximum absolute atomic E-state index is 11.5. The Hall–Kier alpha value is -0.490. The molecule has 0 bridgehead atoms. The van der Waals surface area contributed by atoms with Crippen LogP contribution in [0.15, 0.2) is 4.99 Å². The average Bonchev–Trinajstić information content (AvgIpc) is 2.59. The van der Waals surface area contributed by atoms with Crippen LogP contribution in [0.4, 0.5) is 0 Å². The average molecular weight is 246 g/mol. The lowest BCUT2D eigenvalue weighted by Gasteiger charge is -2.06. The lowest BCUT2D eigenvalue weighted by atomic mass is 10.3. The first-order valence-electron chi connectivity index (χ1n) is 4.68. The van der Waals surface area contributed by atoms with E-state index in [2.05, 4.69) is 10.3 Å². The molecule has 0 aliphatic carbocycles. The standard InChI is InChI=1S/C9H14N2O2S2/c1-6-11-8(5-15-6)9(13)10-3-4-14-7(2)12/h8H,3-5H2,1-2H3,(H,10,13)/t8-/m0/s1. The number of carbonyl (C=O) groups excluding carboxylic acids is 2. The van der Waals surface area contributed by atoms with Crippen molar-refractivity contribution in [1.29, 1.82) is 0 Å². The fourth-order valence-corrected chi connectivity index (χ4v) is 2.43. The van der Waals surface area contributed by atoms with Gasteiger partial charge in [-0.15, -0.1) is 11.8 Å². The Balaban J connectivity index is 2.16. The molecule has 4 nitrogen and oxygen atoms in total. The lowest BCUT2D eigenvalue weighted by Crippen LogP contribution is -2.35. The first kappa shape index (κ1) is 12.6. The summed E-state index contributed by atoms with van der Waals surface area (Å²) < 4.78 is 0. The third-order valence-electron chi connectivity index (χ3n) is 1.80. The Morgan fingerprint density at radius 3 is 2.93 bits per heavy atom. The van der Waals surface area contributed by atoms with E-state index in [0.29, 0.717) is 12.3 Å². The fourth-order valence-electron chi connectivity index (χ4n) is 1.11. The van der Waals surface area contributed by atoms with Crippen molar-refractivity contribution < 1.29 is 9.59 Å². The van der Waals surface area contributed by atoms with Gasteiger partial charge in [0.2, 0.25) is 5.91 Å². The van der Waals surface area contributed by atoms with Crippen LogP contribution < -0.4 is 5.32 Å². The van der Waals surface area contributed by atoms with Crippen LogP contribution >= 0.6 is 23.5 Å². The summed E-state index contributed by atoms with van der Waals surface area (Å²) in [6, 6.07) is -0.239. The number of amides is 1. The van der Waals surface area contributed by atoms with Gasteiger partial charge in [-0.25, -0.2) is 0 Å². The molecule has 0 unspecified atom stereocenters. The number of nitrogens with zero attached hydrogens (tertiary/aromatic N) is 1. The monoisotopic (exact) mass is 246 g/mol. The van der Waals surface area contributed by atoms with Gasteiger partial charge >= 0.3 is 0 Å². The molecular formula is C9H14N2O2S2. The number of hydrogen-bond donors (Lipinski definition) is 1. The van der Waals surface area contributed by atoms with E-state index in [-0.39, 0.29) is 17.1 Å². The summed E-state index contributed by atoms with van der Waals surface area (Å²) in [6.07, 6.45) is 0. The van der Waals surface area contributed by atoms with Gasteiger partial charge in [0.25, 0.3) is 0 Å². The third kappa shape index (κ3) is 4.70. The van der Waals surface area contributed by atoms with Gasteiger partial charge < -0.3 is 5.32 Å². The molecule has 15 heavy (non-hydrogen) atoms. The number of rotatable bonds is 4. The predicted octanol–water partition coefficient (Wildman–Crippen LogP) is 0.916. The first-order valence-corrected chi connectivity index (χ1v) is 6.65. The summed E-state index contributed by atoms with van der Waals surface area (Å²) in [4.78, 5) is 26.3. The molecule has 0 saturated heterocycles. The maximum atomic E-state index is 11.5. The van der Waals surface area contributed by atoms with Gasteiger partial charge in [0.15, 0.2) is 5.12 Å². The number of carbonyl (C=O) groups is 2. The van der Waals surface area contributed by atoms with E-state index in [0.717, 1.165) is 10.8 Å². The SMILES string of the molecule is CC(=O)SCCNC(=O)[C@@H]1CSC(C)=N1. The summed E-state index contributed by atoms with van der Waals surface area (Å²) in [5.74, 6) is 1.32. The molecule has 0 radical (unpaired) electrons. The van der Waals surface area contributed by atoms with Gasteiger partial charge in [-0.05, 0) is 6.92 Å². The molecule has 1 aliphatic heterocycles. The number of aliphatic imine (C=N–C) groups is 1. The van der Waals surface area contributed by atoms with E-state index in [1.807, 2.05) is 6.92 Å². The summed E-state index contributed by atoms with van der Waals surface area (Å²) in [7, 11) is 0. The largest absolute Gasteiger partial charge is 0.353 e. The zero-order valence-corrected chi connectivity index (χ0v) is 10.4. The highest BCUT2D eigenvalue weighted by atomic mass is 32.2. The quantitative estimate of drug-likeness (QED) is 0.749. The second-order valence-corrected chi connectivity index (χ2v) is 5.59. The highest BCUT2D eigenvalue weighted by Gasteiger charge is 2.22. The van der Waals surface area contributed by atoms with Gasteiger partial charge in [0, 0.05) is 25.0 Å². The van der Waals surface area contributed by atoms with Crippen molar-refractivity contribution in [3.8, 4) is 0 Å². The molecule has 6 heteroatoms. The molecule has 1 heterocycles. The van der Waals surface area contributed by atoms with Crippen molar-refractivity contribution >= 4 is 39.6 Å². The molecule has 1 rings (SSSR count). The van der Waals surface area contributed by atoms with E-state index < -0.39 is 0 Å². The van der Waals surface area contributed by atoms with Gasteiger partial charge in [0.1, 0.15) is 6.04 Å². The molecule has 0 aromatic carbocycles. The molecule has 0 spiro atoms. The molecule has 84 valence electrons. The Morgan fingerprint density at radius 2 is 2.40 bits per heavy atom. The predicted molar refractivity (Wildman–Crippen MR) is 65.5 cm³/mol. The van der Waals surface area contributed by atoms with E-state index in [1.54, 1.807) is 11.8 Å². The Labute approximate surface area is 97.7 Å². The lowest BCUT2D eigenvalue weighted by molar-refractivity contribution is -0.121. The van der Waals surface area contributed by atoms with E-state index in [9.17, 15) is 9.59 Å². The molecule has 1 N–H and O–H groups in total. The minimum Gasteiger partial charge on any atom is -0.353 e. The smallest absolute Gasteiger partial charge is 0.245 e. The van der Waals surface area contributed by atoms with Crippen molar-refractivity contribution in [3.05, 3.63) is 0 Å². The van der Waals surface area contributed by atoms with Crippen LogP contribution in [0, 0.1) is 0 Å². The molecule has 0 fully saturated rings. The van der Waals surface area contributed by atoms with Crippen LogP contribution in [0.2, 0.25) is 0 Å². The molecule has 0 saturated carbocycles. The molecule has 0 aromatic rings. The molecule has 1 atom stereocenters. The molecule has 0 aromatic heterocycles. The van der Waals surface area contributed by atoms with Gasteiger partial charge in [-0.1, -0.05) is 11.8 Å². The van der Waals surface area contributed by atoms with Crippen molar-refractivity contribution in [2.75, 3.05) is 18.1 Å². The number of thioether (sulfide) groups is 2. The van der Waals surface area contributed by atoms with Crippen molar-refractivity contribution in [3.63, 3.8) is 0 Å². The molecule has 1 aliphatic rings. The van der Waals surface area contributed by atoms with E-state index in [1.165, 1.54) is 18.7 Å². The Kier molecular flexibility index (Phi) is 5.17. The number of nitrogens with one attached hydrogen (secondary N) is 1. The molecular weight excluding hydrogens is 232 g/mol. The maximum Gasteiger partial charge on any atom is 0.245 e. The van der Waals surface area contributed by atoms with E-state index in [4.69, 9.17) is 0 Å². The third-order valence-corrected chi connectivity index (χ3v) is 3.62. The molecule has 1 amide bonds. The minimum atomic E-state index is -0.239. The van der Waals surface area contributed by atoms with Gasteiger partial charge in [-0.3, -0.25) is 14.6 Å². The second-order valence-electron chi connectivity index (χ2n) is 3.11. The summed E-state index contributed by atoms with van der Waals surface area (Å²) in [6.45, 7) is 3.95.